The number of nitrogens with one attached hydrogen (secondary N) is 1. The van der Waals surface area contributed by atoms with Crippen LogP contribution in [0.4, 0.5) is 11.6 Å². The third-order valence-corrected chi connectivity index (χ3v) is 4.66. The van der Waals surface area contributed by atoms with Gasteiger partial charge in [0, 0.05) is 36.9 Å². The van der Waals surface area contributed by atoms with Crippen LogP contribution in [0.25, 0.3) is 0 Å². The van der Waals surface area contributed by atoms with Crippen LogP contribution < -0.4 is 5.32 Å². The molecule has 0 bridgehead atoms. The molecule has 0 spiro atoms. The van der Waals surface area contributed by atoms with E-state index in [0.717, 1.165) is 36.7 Å². The molecule has 1 saturated heterocycles. The van der Waals surface area contributed by atoms with Crippen LogP contribution in [0.1, 0.15) is 35.8 Å². The van der Waals surface area contributed by atoms with Crippen molar-refractivity contribution in [2.24, 2.45) is 0 Å². The van der Waals surface area contributed by atoms with Crippen LogP contribution in [0.5, 0.6) is 0 Å². The first-order valence-corrected chi connectivity index (χ1v) is 8.93. The Morgan fingerprint density at radius 3 is 2.88 bits per heavy atom. The van der Waals surface area contributed by atoms with Gasteiger partial charge in [0.25, 0.3) is 0 Å². The second-order valence-corrected chi connectivity index (χ2v) is 6.59. The van der Waals surface area contributed by atoms with Gasteiger partial charge in [0.2, 0.25) is 0 Å². The molecule has 3 aromatic rings. The summed E-state index contributed by atoms with van der Waals surface area (Å²) >= 11 is 0. The molecular weight excluding hydrogens is 324 g/mol. The molecule has 0 amide bonds. The number of hydrogen-bond acceptors (Lipinski definition) is 6. The Kier molecular flexibility index (Phi) is 4.84. The summed E-state index contributed by atoms with van der Waals surface area (Å²) in [6, 6.07) is 10.8. The second-order valence-electron chi connectivity index (χ2n) is 6.59. The monoisotopic (exact) mass is 346 g/mol. The standard InChI is InChI=1S/C20H22N6/c1-15-4-2-5-17(24-15)14-26-11-3-6-18(26)16-7-8-22-19(12-16)25-20-13-21-9-10-23-20/h2,4-5,7-10,12-13,18H,3,6,11,14H2,1H3,(H,22,23,25)/t18-/m0/s1. The van der Waals surface area contributed by atoms with Crippen molar-refractivity contribution >= 4 is 11.6 Å². The summed E-state index contributed by atoms with van der Waals surface area (Å²) in [6.07, 6.45) is 9.23. The third-order valence-electron chi connectivity index (χ3n) is 4.66. The SMILES string of the molecule is Cc1cccc(CN2CCC[C@H]2c2ccnc(Nc3cnccn3)c2)n1. The molecule has 1 aliphatic rings. The van der Waals surface area contributed by atoms with Gasteiger partial charge in [0.1, 0.15) is 11.6 Å². The quantitative estimate of drug-likeness (QED) is 0.760. The summed E-state index contributed by atoms with van der Waals surface area (Å²) in [5, 5.41) is 3.22. The van der Waals surface area contributed by atoms with Gasteiger partial charge in [-0.15, -0.1) is 0 Å². The molecule has 6 heteroatoms. The number of hydrogen-bond donors (Lipinski definition) is 1. The fourth-order valence-corrected chi connectivity index (χ4v) is 3.51. The van der Waals surface area contributed by atoms with Gasteiger partial charge in [-0.25, -0.2) is 9.97 Å². The molecule has 0 aromatic carbocycles. The van der Waals surface area contributed by atoms with Crippen LogP contribution in [0.15, 0.2) is 55.1 Å². The molecule has 0 saturated carbocycles. The van der Waals surface area contributed by atoms with E-state index in [1.165, 1.54) is 12.0 Å². The largest absolute Gasteiger partial charge is 0.324 e. The van der Waals surface area contributed by atoms with E-state index >= 15 is 0 Å². The number of aromatic nitrogens is 4. The lowest BCUT2D eigenvalue weighted by atomic mass is 10.1. The van der Waals surface area contributed by atoms with Gasteiger partial charge in [-0.1, -0.05) is 6.07 Å². The van der Waals surface area contributed by atoms with Gasteiger partial charge in [-0.3, -0.25) is 14.9 Å². The van der Waals surface area contributed by atoms with E-state index in [1.807, 2.05) is 19.2 Å². The molecule has 6 nitrogen and oxygen atoms in total. The van der Waals surface area contributed by atoms with E-state index in [9.17, 15) is 0 Å². The Morgan fingerprint density at radius 2 is 2.04 bits per heavy atom. The molecule has 132 valence electrons. The van der Waals surface area contributed by atoms with Crippen molar-refractivity contribution in [2.45, 2.75) is 32.4 Å². The maximum atomic E-state index is 4.66. The fourth-order valence-electron chi connectivity index (χ4n) is 3.51. The van der Waals surface area contributed by atoms with Crippen molar-refractivity contribution in [3.05, 3.63) is 72.1 Å². The van der Waals surface area contributed by atoms with Gasteiger partial charge >= 0.3 is 0 Å². The lowest BCUT2D eigenvalue weighted by Crippen LogP contribution is -2.23. The van der Waals surface area contributed by atoms with E-state index in [1.54, 1.807) is 18.6 Å². The minimum Gasteiger partial charge on any atom is -0.324 e. The minimum atomic E-state index is 0.391. The highest BCUT2D eigenvalue weighted by Gasteiger charge is 2.26. The first-order chi connectivity index (χ1) is 12.8. The number of nitrogens with zero attached hydrogens (tertiary/aromatic N) is 5. The summed E-state index contributed by atoms with van der Waals surface area (Å²) in [4.78, 5) is 19.9. The van der Waals surface area contributed by atoms with E-state index < -0.39 is 0 Å². The van der Waals surface area contributed by atoms with Crippen molar-refractivity contribution in [3.8, 4) is 0 Å². The summed E-state index contributed by atoms with van der Waals surface area (Å²) in [7, 11) is 0. The maximum Gasteiger partial charge on any atom is 0.150 e. The van der Waals surface area contributed by atoms with Crippen LogP contribution in [0.2, 0.25) is 0 Å². The summed E-state index contributed by atoms with van der Waals surface area (Å²) < 4.78 is 0. The average molecular weight is 346 g/mol. The number of rotatable bonds is 5. The lowest BCUT2D eigenvalue weighted by molar-refractivity contribution is 0.245. The Labute approximate surface area is 153 Å². The first kappa shape index (κ1) is 16.6. The number of aryl methyl sites for hydroxylation is 1. The van der Waals surface area contributed by atoms with Gasteiger partial charge < -0.3 is 5.32 Å². The minimum absolute atomic E-state index is 0.391. The summed E-state index contributed by atoms with van der Waals surface area (Å²) in [5.41, 5.74) is 3.47. The molecule has 1 N–H and O–H groups in total. The van der Waals surface area contributed by atoms with Crippen LogP contribution in [-0.2, 0) is 6.54 Å². The van der Waals surface area contributed by atoms with Crippen molar-refractivity contribution in [1.29, 1.82) is 0 Å². The molecule has 1 aliphatic heterocycles. The fraction of sp³-hybridized carbons (Fsp3) is 0.300. The number of pyridine rings is 2. The zero-order chi connectivity index (χ0) is 17.8. The Balaban J connectivity index is 1.51. The Bertz CT molecular complexity index is 867. The summed E-state index contributed by atoms with van der Waals surface area (Å²) in [5.74, 6) is 1.49. The van der Waals surface area contributed by atoms with Crippen LogP contribution >= 0.6 is 0 Å². The Morgan fingerprint density at radius 1 is 1.12 bits per heavy atom. The molecule has 3 aromatic heterocycles. The average Bonchev–Trinajstić information content (AvgIpc) is 3.11. The Hall–Kier alpha value is -2.86. The predicted molar refractivity (Wildman–Crippen MR) is 101 cm³/mol. The second kappa shape index (κ2) is 7.58. The molecule has 0 aliphatic carbocycles. The van der Waals surface area contributed by atoms with Crippen LogP contribution in [-0.4, -0.2) is 31.4 Å². The maximum absolute atomic E-state index is 4.66. The van der Waals surface area contributed by atoms with E-state index in [2.05, 4.69) is 54.4 Å². The van der Waals surface area contributed by atoms with Crippen molar-refractivity contribution in [3.63, 3.8) is 0 Å². The van der Waals surface area contributed by atoms with Gasteiger partial charge in [0.05, 0.1) is 11.9 Å². The van der Waals surface area contributed by atoms with E-state index in [-0.39, 0.29) is 0 Å². The smallest absolute Gasteiger partial charge is 0.150 e. The molecule has 0 radical (unpaired) electrons. The van der Waals surface area contributed by atoms with Gasteiger partial charge in [-0.05, 0) is 56.1 Å². The van der Waals surface area contributed by atoms with Gasteiger partial charge in [-0.2, -0.15) is 0 Å². The number of anilines is 2. The number of likely N-dealkylation sites (tertiary alicyclic amines) is 1. The zero-order valence-corrected chi connectivity index (χ0v) is 14.8. The molecule has 1 fully saturated rings. The zero-order valence-electron chi connectivity index (χ0n) is 14.8. The topological polar surface area (TPSA) is 66.8 Å². The van der Waals surface area contributed by atoms with Crippen molar-refractivity contribution < 1.29 is 0 Å². The van der Waals surface area contributed by atoms with Crippen molar-refractivity contribution in [1.82, 2.24) is 24.8 Å². The van der Waals surface area contributed by atoms with E-state index in [4.69, 9.17) is 0 Å². The molecule has 0 unspecified atom stereocenters. The molecular formula is C20H22N6. The normalized spacial score (nSPS) is 17.3. The molecule has 4 heterocycles. The molecule has 1 atom stereocenters. The predicted octanol–water partition coefficient (Wildman–Crippen LogP) is 3.66. The highest BCUT2D eigenvalue weighted by molar-refractivity contribution is 5.51. The van der Waals surface area contributed by atoms with Crippen LogP contribution in [0, 0.1) is 6.92 Å². The third kappa shape index (κ3) is 3.86. The lowest BCUT2D eigenvalue weighted by Gasteiger charge is -2.25. The van der Waals surface area contributed by atoms with E-state index in [0.29, 0.717) is 11.9 Å². The highest BCUT2D eigenvalue weighted by atomic mass is 15.2. The summed E-state index contributed by atoms with van der Waals surface area (Å²) in [6.45, 7) is 4.01. The molecule has 4 rings (SSSR count). The molecule has 26 heavy (non-hydrogen) atoms. The van der Waals surface area contributed by atoms with Crippen molar-refractivity contribution in [2.75, 3.05) is 11.9 Å². The van der Waals surface area contributed by atoms with Crippen LogP contribution in [0.3, 0.4) is 0 Å². The van der Waals surface area contributed by atoms with Gasteiger partial charge in [0.15, 0.2) is 0 Å². The highest BCUT2D eigenvalue weighted by Crippen LogP contribution is 2.33. The first-order valence-electron chi connectivity index (χ1n) is 8.93.